The molecule has 1 aromatic rings. The number of amides is 1. The van der Waals surface area contributed by atoms with Crippen LogP contribution in [0.2, 0.25) is 0 Å². The third-order valence-electron chi connectivity index (χ3n) is 5.64. The molecule has 2 heterocycles. The highest BCUT2D eigenvalue weighted by Gasteiger charge is 2.28. The molecule has 36 heavy (non-hydrogen) atoms. The Kier molecular flexibility index (Phi) is 10.7. The minimum atomic E-state index is -0.645. The summed E-state index contributed by atoms with van der Waals surface area (Å²) < 4.78 is 25.7. The van der Waals surface area contributed by atoms with Gasteiger partial charge < -0.3 is 19.3 Å². The SMILES string of the molecule is C=C/C(=C1/N=C(N(CCN2CCCC2)C(=O)OC(C)(C)C)C=CN1C)c1cc(OC)ccc1F.CC. The van der Waals surface area contributed by atoms with Crippen molar-refractivity contribution < 1.29 is 18.7 Å². The topological polar surface area (TPSA) is 57.6 Å². The molecule has 7 nitrogen and oxygen atoms in total. The van der Waals surface area contributed by atoms with Gasteiger partial charge in [0, 0.05) is 37.5 Å². The zero-order valence-corrected chi connectivity index (χ0v) is 22.8. The second-order valence-electron chi connectivity index (χ2n) is 9.36. The third-order valence-corrected chi connectivity index (χ3v) is 5.64. The number of likely N-dealkylation sites (tertiary alicyclic amines) is 1. The van der Waals surface area contributed by atoms with Gasteiger partial charge in [0.05, 0.1) is 7.11 Å². The zero-order valence-electron chi connectivity index (χ0n) is 22.8. The smallest absolute Gasteiger partial charge is 0.416 e. The lowest BCUT2D eigenvalue weighted by molar-refractivity contribution is 0.0361. The van der Waals surface area contributed by atoms with E-state index in [1.165, 1.54) is 26.0 Å². The number of aliphatic imine (C=N–C) groups is 1. The summed E-state index contributed by atoms with van der Waals surface area (Å²) in [5.74, 6) is 1.01. The lowest BCUT2D eigenvalue weighted by Gasteiger charge is -2.31. The average molecular weight is 501 g/mol. The normalized spacial score (nSPS) is 17.1. The highest BCUT2D eigenvalue weighted by Crippen LogP contribution is 2.30. The van der Waals surface area contributed by atoms with Gasteiger partial charge in [-0.25, -0.2) is 14.2 Å². The molecule has 0 saturated carbocycles. The first-order valence-corrected chi connectivity index (χ1v) is 12.6. The minimum Gasteiger partial charge on any atom is -0.497 e. The van der Waals surface area contributed by atoms with Gasteiger partial charge in [0.2, 0.25) is 0 Å². The van der Waals surface area contributed by atoms with E-state index in [4.69, 9.17) is 14.5 Å². The van der Waals surface area contributed by atoms with Gasteiger partial charge in [-0.05, 0) is 71.0 Å². The van der Waals surface area contributed by atoms with Gasteiger partial charge in [-0.1, -0.05) is 26.5 Å². The van der Waals surface area contributed by atoms with Crippen molar-refractivity contribution in [3.8, 4) is 5.75 Å². The zero-order chi connectivity index (χ0) is 26.9. The fourth-order valence-corrected chi connectivity index (χ4v) is 3.90. The van der Waals surface area contributed by atoms with Crippen LogP contribution < -0.4 is 4.74 Å². The van der Waals surface area contributed by atoms with Gasteiger partial charge in [0.15, 0.2) is 0 Å². The van der Waals surface area contributed by atoms with Gasteiger partial charge in [-0.15, -0.1) is 0 Å². The van der Waals surface area contributed by atoms with Crippen LogP contribution >= 0.6 is 0 Å². The third kappa shape index (κ3) is 7.68. The van der Waals surface area contributed by atoms with Crippen LogP contribution in [0, 0.1) is 5.82 Å². The lowest BCUT2D eigenvalue weighted by Crippen LogP contribution is -2.44. The van der Waals surface area contributed by atoms with Crippen molar-refractivity contribution >= 4 is 17.5 Å². The molecule has 3 rings (SSSR count). The molecular formula is C28H41FN4O3. The predicted octanol–water partition coefficient (Wildman–Crippen LogP) is 5.91. The average Bonchev–Trinajstić information content (AvgIpc) is 3.36. The summed E-state index contributed by atoms with van der Waals surface area (Å²) in [5, 5.41) is 0. The Balaban J connectivity index is 0.00000222. The van der Waals surface area contributed by atoms with E-state index in [9.17, 15) is 9.18 Å². The van der Waals surface area contributed by atoms with E-state index in [2.05, 4.69) is 11.5 Å². The fourth-order valence-electron chi connectivity index (χ4n) is 3.90. The summed E-state index contributed by atoms with van der Waals surface area (Å²) in [6.45, 7) is 16.6. The maximum absolute atomic E-state index is 14.8. The number of nitrogens with zero attached hydrogens (tertiary/aromatic N) is 4. The molecule has 0 aliphatic carbocycles. The molecule has 0 spiro atoms. The summed E-state index contributed by atoms with van der Waals surface area (Å²) in [7, 11) is 3.35. The van der Waals surface area contributed by atoms with Gasteiger partial charge >= 0.3 is 6.09 Å². The Morgan fingerprint density at radius 1 is 1.25 bits per heavy atom. The van der Waals surface area contributed by atoms with E-state index in [0.717, 1.165) is 19.6 Å². The van der Waals surface area contributed by atoms with Crippen molar-refractivity contribution in [1.82, 2.24) is 14.7 Å². The predicted molar refractivity (Wildman–Crippen MR) is 144 cm³/mol. The Labute approximate surface area is 215 Å². The Bertz CT molecular complexity index is 1000. The second kappa shape index (κ2) is 13.3. The summed E-state index contributed by atoms with van der Waals surface area (Å²) in [5.41, 5.74) is 0.160. The molecule has 2 aliphatic heterocycles. The molecule has 2 aliphatic rings. The number of carbonyl (C=O) groups excluding carboxylic acids is 1. The molecule has 0 atom stereocenters. The number of hydrogen-bond acceptors (Lipinski definition) is 6. The number of benzene rings is 1. The second-order valence-corrected chi connectivity index (χ2v) is 9.36. The van der Waals surface area contributed by atoms with Gasteiger partial charge in [0.1, 0.15) is 28.8 Å². The Morgan fingerprint density at radius 2 is 1.92 bits per heavy atom. The molecule has 8 heteroatoms. The van der Waals surface area contributed by atoms with Crippen LogP contribution in [0.25, 0.3) is 5.57 Å². The largest absolute Gasteiger partial charge is 0.497 e. The first-order chi connectivity index (χ1) is 17.1. The van der Waals surface area contributed by atoms with Crippen LogP contribution in [0.1, 0.15) is 53.0 Å². The number of carbonyl (C=O) groups is 1. The molecule has 198 valence electrons. The van der Waals surface area contributed by atoms with Crippen LogP contribution in [0.15, 0.2) is 53.9 Å². The summed E-state index contributed by atoms with van der Waals surface area (Å²) >= 11 is 0. The van der Waals surface area contributed by atoms with Crippen LogP contribution in [0.4, 0.5) is 9.18 Å². The molecule has 1 aromatic carbocycles. The van der Waals surface area contributed by atoms with Crippen LogP contribution in [0.3, 0.4) is 0 Å². The number of allylic oxidation sites excluding steroid dienone is 2. The van der Waals surface area contributed by atoms with Crippen molar-refractivity contribution in [3.63, 3.8) is 0 Å². The summed E-state index contributed by atoms with van der Waals surface area (Å²) in [6, 6.07) is 4.52. The van der Waals surface area contributed by atoms with Crippen LogP contribution in [0.5, 0.6) is 5.75 Å². The van der Waals surface area contributed by atoms with Crippen molar-refractivity contribution in [2.75, 3.05) is 40.3 Å². The summed E-state index contributed by atoms with van der Waals surface area (Å²) in [4.78, 5) is 23.6. The molecule has 1 saturated heterocycles. The first-order valence-electron chi connectivity index (χ1n) is 12.6. The number of methoxy groups -OCH3 is 1. The van der Waals surface area contributed by atoms with Crippen molar-refractivity contribution in [2.24, 2.45) is 4.99 Å². The van der Waals surface area contributed by atoms with Crippen molar-refractivity contribution in [2.45, 2.75) is 53.1 Å². The lowest BCUT2D eigenvalue weighted by atomic mass is 10.0. The first kappa shape index (κ1) is 29.1. The Hall–Kier alpha value is -3.13. The maximum Gasteiger partial charge on any atom is 0.416 e. The van der Waals surface area contributed by atoms with Crippen molar-refractivity contribution in [1.29, 1.82) is 0 Å². The molecule has 0 bridgehead atoms. The van der Waals surface area contributed by atoms with Crippen LogP contribution in [-0.2, 0) is 4.74 Å². The number of ether oxygens (including phenoxy) is 2. The Morgan fingerprint density at radius 3 is 2.50 bits per heavy atom. The van der Waals surface area contributed by atoms with E-state index in [1.54, 1.807) is 40.3 Å². The monoisotopic (exact) mass is 500 g/mol. The van der Waals surface area contributed by atoms with E-state index in [1.807, 2.05) is 41.7 Å². The molecule has 1 fully saturated rings. The van der Waals surface area contributed by atoms with E-state index in [0.29, 0.717) is 35.1 Å². The number of amidine groups is 1. The van der Waals surface area contributed by atoms with E-state index in [-0.39, 0.29) is 0 Å². The summed E-state index contributed by atoms with van der Waals surface area (Å²) in [6.07, 6.45) is 6.99. The highest BCUT2D eigenvalue weighted by molar-refractivity contribution is 6.04. The molecule has 0 unspecified atom stereocenters. The molecule has 0 aromatic heterocycles. The van der Waals surface area contributed by atoms with Crippen LogP contribution in [-0.4, -0.2) is 72.6 Å². The molecular weight excluding hydrogens is 459 g/mol. The molecule has 0 N–H and O–H groups in total. The minimum absolute atomic E-state index is 0.315. The standard InChI is InChI=1S/C26H35FN4O3.C2H6/c1-7-20(21-18-19(33-6)10-11-22(21)27)24-28-23(12-15-29(24)5)31(25(32)34-26(2,3)4)17-16-30-13-8-9-14-30;1-2/h7,10-12,15,18H,1,8-9,13-14,16-17H2,2-6H3;1-2H3/b24-20+;. The molecule has 1 amide bonds. The van der Waals surface area contributed by atoms with Gasteiger partial charge in [-0.3, -0.25) is 4.90 Å². The maximum atomic E-state index is 14.8. The fraction of sp³-hybridized carbons (Fsp3) is 0.500. The van der Waals surface area contributed by atoms with E-state index >= 15 is 0 Å². The quantitative estimate of drug-likeness (QED) is 0.486. The van der Waals surface area contributed by atoms with E-state index < -0.39 is 17.5 Å². The molecule has 0 radical (unpaired) electrons. The highest BCUT2D eigenvalue weighted by atomic mass is 19.1. The van der Waals surface area contributed by atoms with Gasteiger partial charge in [-0.2, -0.15) is 0 Å². The van der Waals surface area contributed by atoms with Crippen molar-refractivity contribution in [3.05, 3.63) is 60.3 Å². The number of rotatable bonds is 6. The number of halogens is 1. The van der Waals surface area contributed by atoms with Gasteiger partial charge in [0.25, 0.3) is 0 Å². The number of hydrogen-bond donors (Lipinski definition) is 0.